The van der Waals surface area contributed by atoms with Crippen molar-refractivity contribution in [1.82, 2.24) is 4.98 Å². The third kappa shape index (κ3) is 4.13. The quantitative estimate of drug-likeness (QED) is 0.160. The van der Waals surface area contributed by atoms with E-state index in [1.165, 1.54) is 0 Å². The van der Waals surface area contributed by atoms with E-state index in [4.69, 9.17) is 22.5 Å². The number of oxime groups is 1. The number of aromatic nitrogens is 1. The molecule has 0 unspecified atom stereocenters. The lowest BCUT2D eigenvalue weighted by molar-refractivity contribution is 0.317. The molecule has 1 aromatic heterocycles. The third-order valence-electron chi connectivity index (χ3n) is 1.69. The Balaban J connectivity index is 2.88. The number of thiol groups is 1. The Bertz CT molecular complexity index is 440. The van der Waals surface area contributed by atoms with Gasteiger partial charge in [0.1, 0.15) is 5.15 Å². The zero-order chi connectivity index (χ0) is 12.2. The Morgan fingerprint density at radius 1 is 1.62 bits per heavy atom. The topological polar surface area (TPSA) is 104 Å². The second-order valence-electron chi connectivity index (χ2n) is 3.29. The molecule has 16 heavy (non-hydrogen) atoms. The Morgan fingerprint density at radius 3 is 2.81 bits per heavy atom. The highest BCUT2D eigenvalue weighted by atomic mass is 35.5. The van der Waals surface area contributed by atoms with Crippen LogP contribution in [0.2, 0.25) is 5.15 Å². The summed E-state index contributed by atoms with van der Waals surface area (Å²) >= 11 is 5.63. The first-order valence-corrected chi connectivity index (χ1v) is 7.03. The van der Waals surface area contributed by atoms with Gasteiger partial charge in [0, 0.05) is 11.9 Å². The highest BCUT2D eigenvalue weighted by molar-refractivity contribution is 7.98. The van der Waals surface area contributed by atoms with E-state index in [1.807, 2.05) is 0 Å². The number of rotatable bonds is 2. The van der Waals surface area contributed by atoms with Gasteiger partial charge in [-0.15, -0.1) is 10.1 Å². The van der Waals surface area contributed by atoms with Gasteiger partial charge in [-0.2, -0.15) is 4.36 Å². The summed E-state index contributed by atoms with van der Waals surface area (Å²) in [5.41, 5.74) is 5.99. The van der Waals surface area contributed by atoms with Crippen LogP contribution in [0.5, 0.6) is 0 Å². The molecule has 0 bridgehead atoms. The molecule has 1 heterocycles. The smallest absolute Gasteiger partial charge is 0.263 e. The van der Waals surface area contributed by atoms with Crippen LogP contribution in [0, 0.1) is 0 Å². The molecule has 1 rings (SSSR count). The van der Waals surface area contributed by atoms with E-state index in [9.17, 15) is 4.55 Å². The zero-order valence-electron chi connectivity index (χ0n) is 8.58. The van der Waals surface area contributed by atoms with Crippen LogP contribution in [0.1, 0.15) is 5.56 Å². The predicted molar refractivity (Wildman–Crippen MR) is 66.1 cm³/mol. The summed E-state index contributed by atoms with van der Waals surface area (Å²) in [5, 5.41) is 11.4. The monoisotopic (exact) mass is 264 g/mol. The van der Waals surface area contributed by atoms with Gasteiger partial charge in [-0.25, -0.2) is 4.98 Å². The summed E-state index contributed by atoms with van der Waals surface area (Å²) in [7, 11) is -2.63. The minimum absolute atomic E-state index is 0.299. The fourth-order valence-corrected chi connectivity index (χ4v) is 2.66. The SMILES string of the molecule is C[SH](O)(Cc1ccc(Cl)nc1)=NC(N)=NO. The molecule has 0 saturated heterocycles. The fourth-order valence-electron chi connectivity index (χ4n) is 1.12. The minimum Gasteiger partial charge on any atom is -0.408 e. The maximum absolute atomic E-state index is 9.95. The van der Waals surface area contributed by atoms with E-state index in [0.717, 1.165) is 5.56 Å². The summed E-state index contributed by atoms with van der Waals surface area (Å²) in [4.78, 5) is 3.88. The molecule has 8 heteroatoms. The van der Waals surface area contributed by atoms with Gasteiger partial charge >= 0.3 is 0 Å². The Kier molecular flexibility index (Phi) is 4.22. The van der Waals surface area contributed by atoms with Gasteiger partial charge in [0.2, 0.25) is 0 Å². The second-order valence-corrected chi connectivity index (χ2v) is 6.37. The van der Waals surface area contributed by atoms with Crippen LogP contribution in [-0.2, 0) is 15.9 Å². The minimum atomic E-state index is -2.63. The van der Waals surface area contributed by atoms with Crippen molar-refractivity contribution in [2.24, 2.45) is 15.3 Å². The summed E-state index contributed by atoms with van der Waals surface area (Å²) < 4.78 is 13.7. The van der Waals surface area contributed by atoms with E-state index in [2.05, 4.69) is 14.5 Å². The molecule has 0 amide bonds. The van der Waals surface area contributed by atoms with E-state index >= 15 is 0 Å². The van der Waals surface area contributed by atoms with Gasteiger partial charge in [0.15, 0.2) is 0 Å². The van der Waals surface area contributed by atoms with E-state index in [1.54, 1.807) is 24.6 Å². The van der Waals surface area contributed by atoms with Gasteiger partial charge in [-0.1, -0.05) is 17.7 Å². The van der Waals surface area contributed by atoms with Crippen molar-refractivity contribution in [2.45, 2.75) is 5.75 Å². The maximum atomic E-state index is 9.95. The lowest BCUT2D eigenvalue weighted by Gasteiger charge is -2.17. The van der Waals surface area contributed by atoms with Gasteiger partial charge < -0.3 is 15.5 Å². The maximum Gasteiger partial charge on any atom is 0.263 e. The Morgan fingerprint density at radius 2 is 2.31 bits per heavy atom. The number of hydrogen-bond donors (Lipinski definition) is 4. The van der Waals surface area contributed by atoms with Crippen LogP contribution >= 0.6 is 11.6 Å². The molecule has 0 saturated carbocycles. The summed E-state index contributed by atoms with van der Waals surface area (Å²) in [6, 6.07) is 3.37. The predicted octanol–water partition coefficient (Wildman–Crippen LogP) is 1.11. The van der Waals surface area contributed by atoms with E-state index in [0.29, 0.717) is 10.9 Å². The van der Waals surface area contributed by atoms with Gasteiger partial charge in [-0.3, -0.25) is 0 Å². The molecular weight excluding hydrogens is 252 g/mol. The zero-order valence-corrected chi connectivity index (χ0v) is 10.2. The highest BCUT2D eigenvalue weighted by Crippen LogP contribution is 2.12. The average Bonchev–Trinajstić information content (AvgIpc) is 2.20. The largest absolute Gasteiger partial charge is 0.408 e. The normalized spacial score (nSPS) is 13.6. The second kappa shape index (κ2) is 5.24. The van der Waals surface area contributed by atoms with Crippen LogP contribution in [0.3, 0.4) is 0 Å². The molecule has 0 radical (unpaired) electrons. The van der Waals surface area contributed by atoms with Crippen molar-refractivity contribution in [3.05, 3.63) is 29.0 Å². The first-order chi connectivity index (χ1) is 7.43. The van der Waals surface area contributed by atoms with Gasteiger partial charge in [0.05, 0.1) is 0 Å². The standard InChI is InChI=1S/C8H13ClN4O2S/c1-16(15,13-8(10)12-14)5-6-2-3-7(9)11-4-6/h2-4,14,16H,5H2,1H3,(H3,10,12,13,15). The molecule has 0 atom stereocenters. The van der Waals surface area contributed by atoms with Crippen LogP contribution in [0.25, 0.3) is 0 Å². The van der Waals surface area contributed by atoms with Crippen LogP contribution in [0.4, 0.5) is 0 Å². The van der Waals surface area contributed by atoms with Crippen LogP contribution < -0.4 is 5.73 Å². The number of nitrogens with zero attached hydrogens (tertiary/aromatic N) is 3. The van der Waals surface area contributed by atoms with Gasteiger partial charge in [-0.05, 0) is 23.0 Å². The molecule has 0 spiro atoms. The van der Waals surface area contributed by atoms with Gasteiger partial charge in [0.25, 0.3) is 5.96 Å². The first kappa shape index (κ1) is 12.9. The lowest BCUT2D eigenvalue weighted by Crippen LogP contribution is -2.18. The molecule has 90 valence electrons. The number of pyridine rings is 1. The van der Waals surface area contributed by atoms with Crippen molar-refractivity contribution < 1.29 is 9.76 Å². The fraction of sp³-hybridized carbons (Fsp3) is 0.250. The average molecular weight is 265 g/mol. The van der Waals surface area contributed by atoms with E-state index < -0.39 is 10.1 Å². The third-order valence-corrected chi connectivity index (χ3v) is 3.51. The van der Waals surface area contributed by atoms with Crippen molar-refractivity contribution >= 4 is 27.7 Å². The van der Waals surface area contributed by atoms with E-state index in [-0.39, 0.29) is 5.96 Å². The molecule has 0 aliphatic heterocycles. The lowest BCUT2D eigenvalue weighted by atomic mass is 10.3. The first-order valence-electron chi connectivity index (χ1n) is 4.32. The molecule has 0 aliphatic carbocycles. The summed E-state index contributed by atoms with van der Waals surface area (Å²) in [6.45, 7) is 0. The molecule has 6 nitrogen and oxygen atoms in total. The number of hydrogen-bond acceptors (Lipinski definition) is 3. The molecular formula is C8H13ClN4O2S. The van der Waals surface area contributed by atoms with Crippen molar-refractivity contribution in [2.75, 3.05) is 6.26 Å². The Labute approximate surface area is 99.0 Å². The summed E-state index contributed by atoms with van der Waals surface area (Å²) in [5.74, 6) is -0.0341. The highest BCUT2D eigenvalue weighted by Gasteiger charge is 2.05. The van der Waals surface area contributed by atoms with Crippen molar-refractivity contribution in [1.29, 1.82) is 0 Å². The summed E-state index contributed by atoms with van der Waals surface area (Å²) in [6.07, 6.45) is 3.11. The molecule has 0 aliphatic rings. The number of halogens is 1. The molecule has 0 fully saturated rings. The molecule has 1 aromatic rings. The molecule has 0 aromatic carbocycles. The van der Waals surface area contributed by atoms with Crippen molar-refractivity contribution in [3.8, 4) is 0 Å². The van der Waals surface area contributed by atoms with Crippen molar-refractivity contribution in [3.63, 3.8) is 0 Å². The molecule has 4 N–H and O–H groups in total. The van der Waals surface area contributed by atoms with Crippen LogP contribution in [0.15, 0.2) is 27.8 Å². The van der Waals surface area contributed by atoms with Crippen LogP contribution in [-0.4, -0.2) is 27.0 Å². The number of guanidine groups is 1. The Hall–Kier alpha value is -1.18. The number of nitrogens with two attached hydrogens (primary N) is 1.